The molecule has 5 nitrogen and oxygen atoms in total. The van der Waals surface area contributed by atoms with Gasteiger partial charge in [0.15, 0.2) is 11.5 Å². The molecule has 100 valence electrons. The van der Waals surface area contributed by atoms with Crippen LogP contribution in [0.5, 0.6) is 5.75 Å². The van der Waals surface area contributed by atoms with Gasteiger partial charge in [-0.15, -0.1) is 0 Å². The molecule has 0 fully saturated rings. The van der Waals surface area contributed by atoms with E-state index < -0.39 is 5.97 Å². The summed E-state index contributed by atoms with van der Waals surface area (Å²) in [6, 6.07) is 7.27. The third kappa shape index (κ3) is 2.76. The summed E-state index contributed by atoms with van der Waals surface area (Å²) in [5, 5.41) is 12.5. The Kier molecular flexibility index (Phi) is 3.55. The van der Waals surface area contributed by atoms with Gasteiger partial charge in [0.2, 0.25) is 0 Å². The van der Waals surface area contributed by atoms with Gasteiger partial charge in [-0.05, 0) is 45.0 Å². The van der Waals surface area contributed by atoms with Gasteiger partial charge in [-0.3, -0.25) is 0 Å². The summed E-state index contributed by atoms with van der Waals surface area (Å²) in [5.41, 5.74) is 1.23. The Labute approximate surface area is 110 Å². The molecule has 0 aliphatic carbocycles. The lowest BCUT2D eigenvalue weighted by atomic mass is 10.1. The Morgan fingerprint density at radius 3 is 2.42 bits per heavy atom. The molecule has 1 N–H and O–H groups in total. The van der Waals surface area contributed by atoms with Crippen LogP contribution in [0.1, 0.15) is 29.9 Å². The van der Waals surface area contributed by atoms with E-state index in [9.17, 15) is 4.79 Å². The summed E-state index contributed by atoms with van der Waals surface area (Å²) in [4.78, 5) is 10.9. The van der Waals surface area contributed by atoms with Crippen LogP contribution in [0, 0.1) is 6.92 Å². The maximum atomic E-state index is 10.9. The molecule has 1 heterocycles. The molecule has 2 aromatic rings. The fourth-order valence-electron chi connectivity index (χ4n) is 1.76. The van der Waals surface area contributed by atoms with E-state index in [4.69, 9.17) is 14.4 Å². The summed E-state index contributed by atoms with van der Waals surface area (Å²) in [7, 11) is 0. The maximum Gasteiger partial charge on any atom is 0.358 e. The van der Waals surface area contributed by atoms with Crippen molar-refractivity contribution < 1.29 is 19.2 Å². The zero-order chi connectivity index (χ0) is 14.0. The number of carbonyl (C=O) groups is 1. The quantitative estimate of drug-likeness (QED) is 0.915. The number of carboxylic acid groups (broad SMARTS) is 1. The Hall–Kier alpha value is -2.30. The van der Waals surface area contributed by atoms with Crippen LogP contribution in [0.15, 0.2) is 28.8 Å². The Balaban J connectivity index is 2.30. The van der Waals surface area contributed by atoms with Gasteiger partial charge >= 0.3 is 5.97 Å². The van der Waals surface area contributed by atoms with Gasteiger partial charge in [0.1, 0.15) is 5.75 Å². The fraction of sp³-hybridized carbons (Fsp3) is 0.286. The minimum absolute atomic E-state index is 0.0579. The molecule has 0 unspecified atom stereocenters. The standard InChI is InChI=1S/C14H15NO4/c1-8(2)18-11-6-4-10(5-7-11)13-9(3)12(14(16)17)15-19-13/h4-8H,1-3H3,(H,16,17). The van der Waals surface area contributed by atoms with Crippen LogP contribution in [-0.4, -0.2) is 22.3 Å². The molecule has 0 spiro atoms. The number of ether oxygens (including phenoxy) is 1. The second kappa shape index (κ2) is 5.14. The number of rotatable bonds is 4. The summed E-state index contributed by atoms with van der Waals surface area (Å²) < 4.78 is 10.6. The van der Waals surface area contributed by atoms with Crippen molar-refractivity contribution in [2.45, 2.75) is 26.9 Å². The Bertz CT molecular complexity index is 584. The van der Waals surface area contributed by atoms with Crippen LogP contribution >= 0.6 is 0 Å². The fourth-order valence-corrected chi connectivity index (χ4v) is 1.76. The van der Waals surface area contributed by atoms with E-state index in [1.54, 1.807) is 6.92 Å². The number of benzene rings is 1. The number of aromatic nitrogens is 1. The highest BCUT2D eigenvalue weighted by molar-refractivity contribution is 5.88. The predicted octanol–water partition coefficient (Wildman–Crippen LogP) is 3.14. The average Bonchev–Trinajstić information content (AvgIpc) is 2.71. The minimum atomic E-state index is -1.09. The smallest absolute Gasteiger partial charge is 0.358 e. The monoisotopic (exact) mass is 261 g/mol. The largest absolute Gasteiger partial charge is 0.491 e. The molecule has 1 aromatic heterocycles. The lowest BCUT2D eigenvalue weighted by molar-refractivity contribution is 0.0685. The lowest BCUT2D eigenvalue weighted by Crippen LogP contribution is -2.05. The highest BCUT2D eigenvalue weighted by Crippen LogP contribution is 2.27. The Morgan fingerprint density at radius 1 is 1.32 bits per heavy atom. The van der Waals surface area contributed by atoms with Crippen molar-refractivity contribution in [2.24, 2.45) is 0 Å². The van der Waals surface area contributed by atoms with E-state index >= 15 is 0 Å². The van der Waals surface area contributed by atoms with Crippen molar-refractivity contribution in [3.05, 3.63) is 35.5 Å². The molecule has 5 heteroatoms. The molecule has 0 bridgehead atoms. The highest BCUT2D eigenvalue weighted by atomic mass is 16.5. The molecule has 0 radical (unpaired) electrons. The van der Waals surface area contributed by atoms with Crippen molar-refractivity contribution in [1.82, 2.24) is 5.16 Å². The maximum absolute atomic E-state index is 10.9. The number of carboxylic acids is 1. The average molecular weight is 261 g/mol. The van der Waals surface area contributed by atoms with Crippen molar-refractivity contribution >= 4 is 5.97 Å². The molecule has 0 atom stereocenters. The second-order valence-corrected chi connectivity index (χ2v) is 4.48. The number of hydrogen-bond donors (Lipinski definition) is 1. The molecule has 2 rings (SSSR count). The van der Waals surface area contributed by atoms with E-state index in [1.807, 2.05) is 38.1 Å². The van der Waals surface area contributed by atoms with Crippen molar-refractivity contribution in [1.29, 1.82) is 0 Å². The molecule has 1 aromatic carbocycles. The highest BCUT2D eigenvalue weighted by Gasteiger charge is 2.18. The molecule has 0 amide bonds. The van der Waals surface area contributed by atoms with Crippen LogP contribution in [-0.2, 0) is 0 Å². The van der Waals surface area contributed by atoms with Crippen LogP contribution < -0.4 is 4.74 Å². The zero-order valence-electron chi connectivity index (χ0n) is 11.0. The molecule has 19 heavy (non-hydrogen) atoms. The van der Waals surface area contributed by atoms with E-state index in [2.05, 4.69) is 5.16 Å². The van der Waals surface area contributed by atoms with Gasteiger partial charge in [0.05, 0.1) is 6.10 Å². The van der Waals surface area contributed by atoms with Crippen molar-refractivity contribution in [3.63, 3.8) is 0 Å². The topological polar surface area (TPSA) is 72.6 Å². The third-order valence-electron chi connectivity index (χ3n) is 2.61. The first-order chi connectivity index (χ1) is 8.99. The summed E-state index contributed by atoms with van der Waals surface area (Å²) in [5.74, 6) is 0.134. The number of aromatic carboxylic acids is 1. The first kappa shape index (κ1) is 13.1. The molecular weight excluding hydrogens is 246 g/mol. The molecule has 0 saturated heterocycles. The molecular formula is C14H15NO4. The minimum Gasteiger partial charge on any atom is -0.491 e. The van der Waals surface area contributed by atoms with Gasteiger partial charge in [0, 0.05) is 11.1 Å². The first-order valence-electron chi connectivity index (χ1n) is 5.95. The second-order valence-electron chi connectivity index (χ2n) is 4.48. The van der Waals surface area contributed by atoms with Crippen LogP contribution in [0.2, 0.25) is 0 Å². The SMILES string of the molecule is Cc1c(C(=O)O)noc1-c1ccc(OC(C)C)cc1. The van der Waals surface area contributed by atoms with Gasteiger partial charge in [-0.1, -0.05) is 5.16 Å². The van der Waals surface area contributed by atoms with Crippen molar-refractivity contribution in [2.75, 3.05) is 0 Å². The zero-order valence-corrected chi connectivity index (χ0v) is 11.0. The van der Waals surface area contributed by atoms with E-state index in [-0.39, 0.29) is 11.8 Å². The number of nitrogens with zero attached hydrogens (tertiary/aromatic N) is 1. The first-order valence-corrected chi connectivity index (χ1v) is 5.95. The summed E-state index contributed by atoms with van der Waals surface area (Å²) in [6.45, 7) is 5.58. The number of hydrogen-bond acceptors (Lipinski definition) is 4. The van der Waals surface area contributed by atoms with Gasteiger partial charge in [-0.25, -0.2) is 4.79 Å². The van der Waals surface area contributed by atoms with Gasteiger partial charge in [0.25, 0.3) is 0 Å². The van der Waals surface area contributed by atoms with Crippen LogP contribution in [0.3, 0.4) is 0 Å². The summed E-state index contributed by atoms with van der Waals surface area (Å²) in [6.07, 6.45) is 0.108. The van der Waals surface area contributed by atoms with Gasteiger partial charge < -0.3 is 14.4 Å². The molecule has 0 aliphatic rings. The van der Waals surface area contributed by atoms with E-state index in [1.165, 1.54) is 0 Å². The molecule has 0 aliphatic heterocycles. The normalized spacial score (nSPS) is 10.7. The van der Waals surface area contributed by atoms with Crippen LogP contribution in [0.25, 0.3) is 11.3 Å². The third-order valence-corrected chi connectivity index (χ3v) is 2.61. The predicted molar refractivity (Wildman–Crippen MR) is 69.4 cm³/mol. The van der Waals surface area contributed by atoms with Crippen LogP contribution in [0.4, 0.5) is 0 Å². The molecule has 0 saturated carbocycles. The van der Waals surface area contributed by atoms with Gasteiger partial charge in [-0.2, -0.15) is 0 Å². The van der Waals surface area contributed by atoms with E-state index in [0.29, 0.717) is 11.3 Å². The summed E-state index contributed by atoms with van der Waals surface area (Å²) >= 11 is 0. The van der Waals surface area contributed by atoms with Crippen molar-refractivity contribution in [3.8, 4) is 17.1 Å². The van der Waals surface area contributed by atoms with E-state index in [0.717, 1.165) is 11.3 Å². The lowest BCUT2D eigenvalue weighted by Gasteiger charge is -2.09. The Morgan fingerprint density at radius 2 is 1.95 bits per heavy atom.